The summed E-state index contributed by atoms with van der Waals surface area (Å²) in [6.07, 6.45) is -3.18. The lowest BCUT2D eigenvalue weighted by Gasteiger charge is -2.14. The number of halogens is 4. The van der Waals surface area contributed by atoms with Crippen LogP contribution in [0, 0.1) is 0 Å². The minimum atomic E-state index is -4.56. The van der Waals surface area contributed by atoms with E-state index in [-0.39, 0.29) is 17.1 Å². The van der Waals surface area contributed by atoms with Crippen molar-refractivity contribution < 1.29 is 18.0 Å². The third kappa shape index (κ3) is 3.52. The van der Waals surface area contributed by atoms with Crippen LogP contribution in [0.3, 0.4) is 0 Å². The molecule has 0 aliphatic heterocycles. The number of alkyl halides is 3. The second-order valence-electron chi connectivity index (χ2n) is 4.08. The first kappa shape index (κ1) is 15.3. The van der Waals surface area contributed by atoms with Crippen LogP contribution in [0.15, 0.2) is 41.0 Å². The zero-order valence-electron chi connectivity index (χ0n) is 10.4. The van der Waals surface area contributed by atoms with Crippen molar-refractivity contribution in [2.75, 3.05) is 11.1 Å². The molecule has 1 amide bonds. The summed E-state index contributed by atoms with van der Waals surface area (Å²) in [5.41, 5.74) is 4.27. The van der Waals surface area contributed by atoms with Gasteiger partial charge in [0.1, 0.15) is 5.82 Å². The van der Waals surface area contributed by atoms with Crippen LogP contribution >= 0.6 is 15.9 Å². The molecule has 0 atom stereocenters. The lowest BCUT2D eigenvalue weighted by atomic mass is 10.1. The number of hydrogen-bond donors (Lipinski definition) is 2. The van der Waals surface area contributed by atoms with Gasteiger partial charge < -0.3 is 11.1 Å². The first-order valence-electron chi connectivity index (χ1n) is 5.67. The Morgan fingerprint density at radius 3 is 2.62 bits per heavy atom. The minimum absolute atomic E-state index is 0.0126. The van der Waals surface area contributed by atoms with Crippen molar-refractivity contribution in [3.63, 3.8) is 0 Å². The number of rotatable bonds is 2. The van der Waals surface area contributed by atoms with E-state index in [1.807, 2.05) is 0 Å². The normalized spacial score (nSPS) is 11.2. The zero-order chi connectivity index (χ0) is 15.6. The number of nitrogen functional groups attached to an aromatic ring is 1. The molecule has 1 aromatic heterocycles. The third-order valence-electron chi connectivity index (χ3n) is 2.61. The van der Waals surface area contributed by atoms with E-state index >= 15 is 0 Å². The average Bonchev–Trinajstić information content (AvgIpc) is 2.41. The van der Waals surface area contributed by atoms with Gasteiger partial charge in [0.2, 0.25) is 0 Å². The molecular formula is C13H9BrF3N3O. The molecular weight excluding hydrogens is 351 g/mol. The molecule has 0 aliphatic rings. The lowest BCUT2D eigenvalue weighted by Crippen LogP contribution is -2.18. The molecule has 0 fully saturated rings. The molecule has 0 unspecified atom stereocenters. The Morgan fingerprint density at radius 1 is 1.29 bits per heavy atom. The number of carbonyl (C=O) groups excluding carboxylic acids is 1. The molecule has 1 heterocycles. The van der Waals surface area contributed by atoms with Crippen LogP contribution in [0.1, 0.15) is 15.9 Å². The van der Waals surface area contributed by atoms with Gasteiger partial charge in [-0.05, 0) is 34.1 Å². The average molecular weight is 360 g/mol. The van der Waals surface area contributed by atoms with E-state index in [0.717, 1.165) is 6.07 Å². The fraction of sp³-hybridized carbons (Fsp3) is 0.0769. The van der Waals surface area contributed by atoms with Gasteiger partial charge in [-0.2, -0.15) is 13.2 Å². The predicted octanol–water partition coefficient (Wildman–Crippen LogP) is 3.70. The lowest BCUT2D eigenvalue weighted by molar-refractivity contribution is -0.136. The maximum atomic E-state index is 12.8. The summed E-state index contributed by atoms with van der Waals surface area (Å²) in [5.74, 6) is -0.835. The summed E-state index contributed by atoms with van der Waals surface area (Å²) in [6, 6.07) is 6.08. The first-order valence-corrected chi connectivity index (χ1v) is 6.47. The quantitative estimate of drug-likeness (QED) is 0.858. The van der Waals surface area contributed by atoms with Gasteiger partial charge in [-0.1, -0.05) is 12.1 Å². The fourth-order valence-electron chi connectivity index (χ4n) is 1.66. The summed E-state index contributed by atoms with van der Waals surface area (Å²) in [6.45, 7) is 0. The summed E-state index contributed by atoms with van der Waals surface area (Å²) in [4.78, 5) is 15.8. The maximum Gasteiger partial charge on any atom is 0.418 e. The molecule has 2 rings (SSSR count). The monoisotopic (exact) mass is 359 g/mol. The van der Waals surface area contributed by atoms with Gasteiger partial charge in [-0.3, -0.25) is 4.79 Å². The van der Waals surface area contributed by atoms with Crippen molar-refractivity contribution in [3.05, 3.63) is 52.1 Å². The van der Waals surface area contributed by atoms with Gasteiger partial charge in [-0.15, -0.1) is 0 Å². The Balaban J connectivity index is 2.35. The third-order valence-corrected chi connectivity index (χ3v) is 3.04. The molecule has 110 valence electrons. The number of hydrogen-bond acceptors (Lipinski definition) is 3. The van der Waals surface area contributed by atoms with E-state index in [2.05, 4.69) is 26.2 Å². The van der Waals surface area contributed by atoms with E-state index in [0.29, 0.717) is 4.47 Å². The minimum Gasteiger partial charge on any atom is -0.383 e. The second kappa shape index (κ2) is 5.72. The topological polar surface area (TPSA) is 68.0 Å². The molecule has 3 N–H and O–H groups in total. The molecule has 21 heavy (non-hydrogen) atoms. The molecule has 0 saturated heterocycles. The summed E-state index contributed by atoms with van der Waals surface area (Å²) in [7, 11) is 0. The number of aromatic nitrogens is 1. The number of para-hydroxylation sites is 1. The molecule has 0 aliphatic carbocycles. The number of nitrogens with one attached hydrogen (secondary N) is 1. The van der Waals surface area contributed by atoms with Crippen molar-refractivity contribution in [2.24, 2.45) is 0 Å². The molecule has 0 saturated carbocycles. The van der Waals surface area contributed by atoms with Crippen LogP contribution in [0.25, 0.3) is 0 Å². The molecule has 0 bridgehead atoms. The highest BCUT2D eigenvalue weighted by atomic mass is 79.9. The van der Waals surface area contributed by atoms with Gasteiger partial charge >= 0.3 is 6.18 Å². The maximum absolute atomic E-state index is 12.8. The van der Waals surface area contributed by atoms with Crippen molar-refractivity contribution in [1.29, 1.82) is 0 Å². The SMILES string of the molecule is Nc1ncc(Br)cc1C(=O)Nc1ccccc1C(F)(F)F. The Labute approximate surface area is 126 Å². The van der Waals surface area contributed by atoms with Gasteiger partial charge in [-0.25, -0.2) is 4.98 Å². The van der Waals surface area contributed by atoms with E-state index in [1.54, 1.807) is 0 Å². The van der Waals surface area contributed by atoms with Crippen LogP contribution in [-0.4, -0.2) is 10.9 Å². The van der Waals surface area contributed by atoms with E-state index in [9.17, 15) is 18.0 Å². The Morgan fingerprint density at radius 2 is 1.95 bits per heavy atom. The zero-order valence-corrected chi connectivity index (χ0v) is 12.0. The fourth-order valence-corrected chi connectivity index (χ4v) is 1.99. The number of amides is 1. The number of nitrogens with zero attached hydrogens (tertiary/aromatic N) is 1. The highest BCUT2D eigenvalue weighted by Gasteiger charge is 2.33. The van der Waals surface area contributed by atoms with Crippen LogP contribution in [-0.2, 0) is 6.18 Å². The van der Waals surface area contributed by atoms with Crippen LogP contribution in [0.2, 0.25) is 0 Å². The molecule has 8 heteroatoms. The van der Waals surface area contributed by atoms with E-state index in [4.69, 9.17) is 5.73 Å². The number of nitrogens with two attached hydrogens (primary N) is 1. The van der Waals surface area contributed by atoms with E-state index in [1.165, 1.54) is 30.5 Å². The van der Waals surface area contributed by atoms with Crippen molar-refractivity contribution in [1.82, 2.24) is 4.98 Å². The van der Waals surface area contributed by atoms with Crippen molar-refractivity contribution in [3.8, 4) is 0 Å². The van der Waals surface area contributed by atoms with Crippen LogP contribution in [0.5, 0.6) is 0 Å². The van der Waals surface area contributed by atoms with Gasteiger partial charge in [0.05, 0.1) is 16.8 Å². The molecule has 4 nitrogen and oxygen atoms in total. The Hall–Kier alpha value is -2.09. The summed E-state index contributed by atoms with van der Waals surface area (Å²) >= 11 is 3.12. The largest absolute Gasteiger partial charge is 0.418 e. The van der Waals surface area contributed by atoms with Crippen molar-refractivity contribution >= 4 is 33.3 Å². The van der Waals surface area contributed by atoms with Gasteiger partial charge in [0.15, 0.2) is 0 Å². The molecule has 1 aromatic carbocycles. The summed E-state index contributed by atoms with van der Waals surface area (Å²) < 4.78 is 39.0. The van der Waals surface area contributed by atoms with Crippen LogP contribution < -0.4 is 11.1 Å². The Kier molecular flexibility index (Phi) is 4.17. The first-order chi connectivity index (χ1) is 9.79. The van der Waals surface area contributed by atoms with E-state index < -0.39 is 17.6 Å². The number of carbonyl (C=O) groups is 1. The standard InChI is InChI=1S/C13H9BrF3N3O/c14-7-5-8(11(18)19-6-7)12(21)20-10-4-2-1-3-9(10)13(15,16)17/h1-6H,(H2,18,19)(H,20,21). The molecule has 0 spiro atoms. The van der Waals surface area contributed by atoms with Crippen LogP contribution in [0.4, 0.5) is 24.7 Å². The highest BCUT2D eigenvalue weighted by Crippen LogP contribution is 2.34. The Bertz CT molecular complexity index is 689. The number of pyridine rings is 1. The van der Waals surface area contributed by atoms with Crippen molar-refractivity contribution in [2.45, 2.75) is 6.18 Å². The smallest absolute Gasteiger partial charge is 0.383 e. The summed E-state index contributed by atoms with van der Waals surface area (Å²) in [5, 5.41) is 2.20. The molecule has 0 radical (unpaired) electrons. The number of benzene rings is 1. The highest BCUT2D eigenvalue weighted by molar-refractivity contribution is 9.10. The second-order valence-corrected chi connectivity index (χ2v) is 5.00. The number of anilines is 2. The molecule has 2 aromatic rings. The predicted molar refractivity (Wildman–Crippen MR) is 75.7 cm³/mol. The van der Waals surface area contributed by atoms with Gasteiger partial charge in [0.25, 0.3) is 5.91 Å². The van der Waals surface area contributed by atoms with Gasteiger partial charge in [0, 0.05) is 10.7 Å².